The second-order valence-corrected chi connectivity index (χ2v) is 16.0. The Kier molecular flexibility index (Phi) is 9.19. The van der Waals surface area contributed by atoms with E-state index in [0.29, 0.717) is 16.7 Å². The zero-order chi connectivity index (χ0) is 28.3. The number of hydrogen-bond acceptors (Lipinski definition) is 10. The number of benzene rings is 3. The van der Waals surface area contributed by atoms with Crippen LogP contribution in [-0.4, -0.2) is 71.2 Å². The molecule has 0 saturated heterocycles. The quantitative estimate of drug-likeness (QED) is 0.376. The van der Waals surface area contributed by atoms with Gasteiger partial charge in [0.2, 0.25) is 0 Å². The molecule has 0 saturated carbocycles. The molecule has 3 aliphatic rings. The van der Waals surface area contributed by atoms with E-state index in [0.717, 1.165) is 7.11 Å². The van der Waals surface area contributed by atoms with Gasteiger partial charge in [0.05, 0.1) is 28.2 Å². The minimum atomic E-state index is -6.78. The predicted octanol–water partition coefficient (Wildman–Crippen LogP) is 0.777. The van der Waals surface area contributed by atoms with E-state index in [1.54, 1.807) is 36.4 Å². The molecule has 5 N–H and O–H groups in total. The van der Waals surface area contributed by atoms with Crippen LogP contribution in [-0.2, 0) is 22.9 Å². The first kappa shape index (κ1) is 29.4. The summed E-state index contributed by atoms with van der Waals surface area (Å²) in [4.78, 5) is 0. The number of hydrogen-bond donors (Lipinski definition) is 3. The predicted molar refractivity (Wildman–Crippen MR) is 147 cm³/mol. The van der Waals surface area contributed by atoms with Crippen molar-refractivity contribution in [3.05, 3.63) is 108 Å². The Balaban J connectivity index is 0.000000475. The van der Waals surface area contributed by atoms with Crippen LogP contribution in [0.3, 0.4) is 0 Å². The molecule has 12 nitrogen and oxygen atoms in total. The Morgan fingerprint density at radius 2 is 0.718 bits per heavy atom. The average Bonchev–Trinajstić information content (AvgIpc) is 3.65. The van der Waals surface area contributed by atoms with E-state index in [2.05, 4.69) is 15.5 Å². The van der Waals surface area contributed by atoms with Gasteiger partial charge in [-0.1, -0.05) is 0 Å². The Bertz CT molecular complexity index is 1150. The molecule has 0 unspecified atom stereocenters. The maximum atomic E-state index is 7.00. The summed E-state index contributed by atoms with van der Waals surface area (Å²) in [6.45, 7) is 0. The van der Waals surface area contributed by atoms with E-state index < -0.39 is 13.1 Å². The average molecular weight is 602 g/mol. The molecule has 210 valence electrons. The monoisotopic (exact) mass is 603 g/mol. The summed E-state index contributed by atoms with van der Waals surface area (Å²) in [6.07, 6.45) is 0. The van der Waals surface area contributed by atoms with Crippen LogP contribution in [0.15, 0.2) is 106 Å². The molecule has 3 heterocycles. The molecule has 0 amide bonds. The van der Waals surface area contributed by atoms with Crippen LogP contribution in [0.2, 0.25) is 0 Å². The van der Waals surface area contributed by atoms with Gasteiger partial charge in [-0.25, -0.2) is 0 Å². The van der Waals surface area contributed by atoms with Gasteiger partial charge in [0.15, 0.2) is 0 Å². The van der Waals surface area contributed by atoms with Crippen molar-refractivity contribution < 1.29 is 38.6 Å². The van der Waals surface area contributed by atoms with Gasteiger partial charge in [0, 0.05) is 7.11 Å². The van der Waals surface area contributed by atoms with Gasteiger partial charge >= 0.3 is 177 Å². The normalized spacial score (nSPS) is 19.4. The third-order valence-electron chi connectivity index (χ3n) is 4.92. The molecule has 39 heavy (non-hydrogen) atoms. The summed E-state index contributed by atoms with van der Waals surface area (Å²) in [6, 6.07) is 27.3. The maximum absolute atomic E-state index is 7.00. The molecule has 3 aliphatic heterocycles. The number of aliphatic hydroxyl groups excluding tert-OH is 1. The second kappa shape index (κ2) is 12.2. The fourth-order valence-corrected chi connectivity index (χ4v) is 9.74. The van der Waals surface area contributed by atoms with Crippen molar-refractivity contribution >= 4 is 30.8 Å². The molecule has 3 aromatic rings. The van der Waals surface area contributed by atoms with Crippen molar-refractivity contribution in [2.24, 2.45) is 15.5 Å². The summed E-state index contributed by atoms with van der Waals surface area (Å²) < 4.78 is 35.6. The first-order valence-corrected chi connectivity index (χ1v) is 17.4. The molecule has 13 heteroatoms. The van der Waals surface area contributed by atoms with Gasteiger partial charge in [-0.15, -0.1) is 0 Å². The van der Waals surface area contributed by atoms with Crippen molar-refractivity contribution in [2.75, 3.05) is 35.3 Å². The zero-order valence-electron chi connectivity index (χ0n) is 22.6. The van der Waals surface area contributed by atoms with Crippen LogP contribution < -0.4 is 10.6 Å². The van der Waals surface area contributed by atoms with Crippen molar-refractivity contribution in [1.82, 2.24) is 0 Å². The number of aliphatic hydroxyl groups is 1. The summed E-state index contributed by atoms with van der Waals surface area (Å²) in [5.41, 5.74) is 1.83. The molecule has 0 aromatic heterocycles. The molecular weight excluding hydrogens is 567 g/mol. The van der Waals surface area contributed by atoms with E-state index in [1.165, 1.54) is 0 Å². The van der Waals surface area contributed by atoms with E-state index in [1.807, 2.05) is 93.4 Å². The van der Waals surface area contributed by atoms with Crippen molar-refractivity contribution in [3.8, 4) is 0 Å². The summed E-state index contributed by atoms with van der Waals surface area (Å²) in [5, 5.41) is 23.2. The standard InChI is InChI=1S/C21H15GeN3O6.2C2H7N.CH4O/c1-4-10-16(11-5-1)19-23-29-22(26-19,27-20(24-30-22)17-12-6-2-7-13-17)28-21(25-31-22)18-14-8-3-9-15-18;2*1-3-2;1-2/h1-15H;2*3H,1-2H3;2H,1H3/q-2;;;/p+2. The van der Waals surface area contributed by atoms with E-state index in [4.69, 9.17) is 28.0 Å². The first-order chi connectivity index (χ1) is 19.0. The van der Waals surface area contributed by atoms with E-state index in [9.17, 15) is 0 Å². The van der Waals surface area contributed by atoms with Crippen LogP contribution >= 0.6 is 0 Å². The molecule has 3 aromatic carbocycles. The second-order valence-electron chi connectivity index (χ2n) is 8.27. The molecule has 0 aliphatic carbocycles. The molecule has 1 spiro atoms. The summed E-state index contributed by atoms with van der Waals surface area (Å²) >= 11 is -6.78. The van der Waals surface area contributed by atoms with Crippen molar-refractivity contribution in [2.45, 2.75) is 0 Å². The third-order valence-corrected chi connectivity index (χ3v) is 11.7. The van der Waals surface area contributed by atoms with Gasteiger partial charge < -0.3 is 15.7 Å². The van der Waals surface area contributed by atoms with E-state index >= 15 is 0 Å². The number of nitrogens with two attached hydrogens (primary N) is 2. The Hall–Kier alpha value is -4.11. The third kappa shape index (κ3) is 5.83. The fraction of sp³-hybridized carbons (Fsp3) is 0.192. The van der Waals surface area contributed by atoms with Crippen LogP contribution in [0, 0.1) is 0 Å². The fourth-order valence-electron chi connectivity index (χ4n) is 3.41. The number of quaternary nitrogens is 2. The molecule has 0 atom stereocenters. The number of rotatable bonds is 3. The Labute approximate surface area is 227 Å². The summed E-state index contributed by atoms with van der Waals surface area (Å²) in [5.74, 6) is 0.207. The van der Waals surface area contributed by atoms with E-state index in [-0.39, 0.29) is 17.7 Å². The topological polar surface area (TPSA) is 146 Å². The van der Waals surface area contributed by atoms with Crippen LogP contribution in [0.5, 0.6) is 0 Å². The van der Waals surface area contributed by atoms with Crippen molar-refractivity contribution in [1.29, 1.82) is 0 Å². The van der Waals surface area contributed by atoms with Gasteiger partial charge in [-0.05, 0) is 0 Å². The van der Waals surface area contributed by atoms with Gasteiger partial charge in [0.1, 0.15) is 0 Å². The Morgan fingerprint density at radius 1 is 0.487 bits per heavy atom. The van der Waals surface area contributed by atoms with Crippen LogP contribution in [0.1, 0.15) is 16.7 Å². The minimum absolute atomic E-state index is 0.0691. The first-order valence-electron chi connectivity index (χ1n) is 12.3. The van der Waals surface area contributed by atoms with Crippen LogP contribution in [0.25, 0.3) is 0 Å². The van der Waals surface area contributed by atoms with Gasteiger partial charge in [-0.2, -0.15) is 0 Å². The Morgan fingerprint density at radius 3 is 0.949 bits per heavy atom. The van der Waals surface area contributed by atoms with Gasteiger partial charge in [-0.3, -0.25) is 0 Å². The number of oxime groups is 3. The molecular formula is C26H35GeN5O7. The molecule has 0 radical (unpaired) electrons. The molecule has 6 rings (SSSR count). The zero-order valence-corrected chi connectivity index (χ0v) is 24.7. The molecule has 0 fully saturated rings. The van der Waals surface area contributed by atoms with Gasteiger partial charge in [0.25, 0.3) is 0 Å². The number of nitrogens with zero attached hydrogens (tertiary/aromatic N) is 3. The van der Waals surface area contributed by atoms with Crippen molar-refractivity contribution in [3.63, 3.8) is 0 Å². The summed E-state index contributed by atoms with van der Waals surface area (Å²) in [7, 11) is 9.00. The van der Waals surface area contributed by atoms with Crippen LogP contribution in [0.4, 0.5) is 0 Å². The SMILES string of the molecule is CO.C[NH2+]C.C[NH2+]C.c1ccc(C2=N[O][Ge-2]34([O]N=C(c5ccccc5)[O]3)([O]N=C(c3ccccc3)[O]4)[O]2)cc1. The molecule has 0 bridgehead atoms.